The molecule has 1 unspecified atom stereocenters. The predicted molar refractivity (Wildman–Crippen MR) is 117 cm³/mol. The number of nitrogens with one attached hydrogen (secondary N) is 1. The average Bonchev–Trinajstić information content (AvgIpc) is 3.00. The molecule has 2 aliphatic heterocycles. The first-order chi connectivity index (χ1) is 15.2. The first-order valence-electron chi connectivity index (χ1n) is 11.1. The van der Waals surface area contributed by atoms with Crippen molar-refractivity contribution in [3.63, 3.8) is 0 Å². The summed E-state index contributed by atoms with van der Waals surface area (Å²) in [5.41, 5.74) is 3.80. The highest BCUT2D eigenvalue weighted by molar-refractivity contribution is 5.99. The van der Waals surface area contributed by atoms with Gasteiger partial charge in [-0.15, -0.1) is 0 Å². The van der Waals surface area contributed by atoms with Gasteiger partial charge in [0.2, 0.25) is 5.91 Å². The van der Waals surface area contributed by atoms with Crippen molar-refractivity contribution in [3.8, 4) is 0 Å². The standard InChI is InChI=1S/C24H29N3O4/c1-29-19-7-4-16(5-8-19)24(28)27-14-18-3-2-10-25-23(18)26-20-9-6-17(13-21(20)27)22-15-30-11-12-31-22/h2-3,6,9-10,13,16,19,22H,4-5,7-8,11-12,14-15H2,1H3,(H,25,26). The number of hydrogen-bond acceptors (Lipinski definition) is 6. The zero-order valence-corrected chi connectivity index (χ0v) is 17.9. The molecule has 1 aromatic carbocycles. The van der Waals surface area contributed by atoms with Crippen LogP contribution in [-0.4, -0.2) is 43.9 Å². The Morgan fingerprint density at radius 2 is 2.06 bits per heavy atom. The van der Waals surface area contributed by atoms with E-state index in [0.29, 0.717) is 26.4 Å². The van der Waals surface area contributed by atoms with Crippen LogP contribution in [0.1, 0.15) is 42.9 Å². The molecule has 1 N–H and O–H groups in total. The van der Waals surface area contributed by atoms with Crippen LogP contribution in [-0.2, 0) is 25.5 Å². The molecule has 1 aromatic heterocycles. The van der Waals surface area contributed by atoms with Crippen LogP contribution in [0, 0.1) is 5.92 Å². The summed E-state index contributed by atoms with van der Waals surface area (Å²) >= 11 is 0. The van der Waals surface area contributed by atoms with Crippen molar-refractivity contribution in [1.29, 1.82) is 0 Å². The van der Waals surface area contributed by atoms with E-state index in [2.05, 4.69) is 16.4 Å². The SMILES string of the molecule is COC1CCC(C(=O)N2Cc3cccnc3Nc3ccc(C4COCCO4)cc32)CC1. The molecule has 164 valence electrons. The summed E-state index contributed by atoms with van der Waals surface area (Å²) in [4.78, 5) is 20.2. The second kappa shape index (κ2) is 8.94. The Hall–Kier alpha value is -2.48. The fraction of sp³-hybridized carbons (Fsp3) is 0.500. The molecule has 5 rings (SSSR count). The third-order valence-corrected chi connectivity index (χ3v) is 6.60. The highest BCUT2D eigenvalue weighted by Crippen LogP contribution is 2.39. The minimum Gasteiger partial charge on any atom is -0.381 e. The quantitative estimate of drug-likeness (QED) is 0.806. The number of rotatable bonds is 3. The molecule has 1 saturated carbocycles. The lowest BCUT2D eigenvalue weighted by atomic mass is 9.86. The molecule has 2 fully saturated rings. The van der Waals surface area contributed by atoms with E-state index in [0.717, 1.165) is 54.0 Å². The zero-order valence-electron chi connectivity index (χ0n) is 17.9. The monoisotopic (exact) mass is 423 g/mol. The summed E-state index contributed by atoms with van der Waals surface area (Å²) in [6, 6.07) is 10.1. The van der Waals surface area contributed by atoms with Crippen molar-refractivity contribution in [3.05, 3.63) is 47.7 Å². The fourth-order valence-electron chi connectivity index (χ4n) is 4.78. The Morgan fingerprint density at radius 3 is 2.84 bits per heavy atom. The molecule has 1 atom stereocenters. The van der Waals surface area contributed by atoms with Gasteiger partial charge in [-0.25, -0.2) is 4.98 Å². The number of carbonyl (C=O) groups is 1. The van der Waals surface area contributed by atoms with Gasteiger partial charge < -0.3 is 24.4 Å². The topological polar surface area (TPSA) is 72.9 Å². The number of amides is 1. The van der Waals surface area contributed by atoms with Crippen LogP contribution < -0.4 is 10.2 Å². The summed E-state index contributed by atoms with van der Waals surface area (Å²) in [5, 5.41) is 3.44. The van der Waals surface area contributed by atoms with E-state index >= 15 is 0 Å². The van der Waals surface area contributed by atoms with Crippen LogP contribution in [0.2, 0.25) is 0 Å². The molecule has 0 radical (unpaired) electrons. The van der Waals surface area contributed by atoms with E-state index < -0.39 is 0 Å². The normalized spacial score (nSPS) is 25.7. The summed E-state index contributed by atoms with van der Waals surface area (Å²) in [7, 11) is 1.76. The Bertz CT molecular complexity index is 936. The summed E-state index contributed by atoms with van der Waals surface area (Å²) in [5.74, 6) is 0.981. The van der Waals surface area contributed by atoms with E-state index in [9.17, 15) is 4.79 Å². The number of hydrogen-bond donors (Lipinski definition) is 1. The molecule has 0 spiro atoms. The summed E-state index contributed by atoms with van der Waals surface area (Å²) in [6.07, 6.45) is 5.50. The Kier molecular flexibility index (Phi) is 5.89. The van der Waals surface area contributed by atoms with Crippen molar-refractivity contribution in [2.45, 2.75) is 44.4 Å². The first-order valence-corrected chi connectivity index (χ1v) is 11.1. The lowest BCUT2D eigenvalue weighted by Gasteiger charge is -2.32. The average molecular weight is 424 g/mol. The molecule has 0 bridgehead atoms. The molecule has 1 amide bonds. The molecule has 1 saturated heterocycles. The maximum Gasteiger partial charge on any atom is 0.230 e. The van der Waals surface area contributed by atoms with Crippen molar-refractivity contribution >= 4 is 23.1 Å². The molecule has 7 heteroatoms. The van der Waals surface area contributed by atoms with Crippen molar-refractivity contribution < 1.29 is 19.0 Å². The van der Waals surface area contributed by atoms with Crippen molar-refractivity contribution in [2.24, 2.45) is 5.92 Å². The minimum absolute atomic E-state index is 0.00962. The number of anilines is 3. The molecule has 7 nitrogen and oxygen atoms in total. The lowest BCUT2D eigenvalue weighted by Crippen LogP contribution is -2.38. The van der Waals surface area contributed by atoms with E-state index in [1.165, 1.54) is 0 Å². The van der Waals surface area contributed by atoms with Gasteiger partial charge in [0, 0.05) is 24.8 Å². The molecule has 1 aliphatic carbocycles. The maximum absolute atomic E-state index is 13.7. The van der Waals surface area contributed by atoms with Gasteiger partial charge in [-0.05, 0) is 49.4 Å². The Balaban J connectivity index is 1.49. The van der Waals surface area contributed by atoms with Gasteiger partial charge in [0.1, 0.15) is 11.9 Å². The predicted octanol–water partition coefficient (Wildman–Crippen LogP) is 3.96. The van der Waals surface area contributed by atoms with E-state index in [1.807, 2.05) is 29.2 Å². The van der Waals surface area contributed by atoms with Gasteiger partial charge in [-0.1, -0.05) is 12.1 Å². The second-order valence-corrected chi connectivity index (χ2v) is 8.48. The summed E-state index contributed by atoms with van der Waals surface area (Å²) in [6.45, 7) is 2.24. The van der Waals surface area contributed by atoms with Gasteiger partial charge in [-0.3, -0.25) is 4.79 Å². The largest absolute Gasteiger partial charge is 0.381 e. The molecule has 3 heterocycles. The number of methoxy groups -OCH3 is 1. The Morgan fingerprint density at radius 1 is 1.19 bits per heavy atom. The third-order valence-electron chi connectivity index (χ3n) is 6.60. The Labute approximate surface area is 182 Å². The molecular weight excluding hydrogens is 394 g/mol. The number of pyridine rings is 1. The van der Waals surface area contributed by atoms with E-state index in [-0.39, 0.29) is 24.0 Å². The number of nitrogens with zero attached hydrogens (tertiary/aromatic N) is 2. The van der Waals surface area contributed by atoms with Crippen LogP contribution in [0.25, 0.3) is 0 Å². The van der Waals surface area contributed by atoms with Gasteiger partial charge in [0.05, 0.1) is 43.8 Å². The number of aromatic nitrogens is 1. The smallest absolute Gasteiger partial charge is 0.230 e. The molecular formula is C24H29N3O4. The highest BCUT2D eigenvalue weighted by atomic mass is 16.6. The van der Waals surface area contributed by atoms with Crippen LogP contribution in [0.5, 0.6) is 0 Å². The highest BCUT2D eigenvalue weighted by Gasteiger charge is 2.33. The van der Waals surface area contributed by atoms with Gasteiger partial charge in [0.25, 0.3) is 0 Å². The molecule has 31 heavy (non-hydrogen) atoms. The number of ether oxygens (including phenoxy) is 3. The number of benzene rings is 1. The van der Waals surface area contributed by atoms with E-state index in [4.69, 9.17) is 14.2 Å². The molecule has 3 aliphatic rings. The van der Waals surface area contributed by atoms with Crippen molar-refractivity contribution in [2.75, 3.05) is 37.1 Å². The van der Waals surface area contributed by atoms with Crippen LogP contribution >= 0.6 is 0 Å². The second-order valence-electron chi connectivity index (χ2n) is 8.48. The fourth-order valence-corrected chi connectivity index (χ4v) is 4.78. The number of carbonyl (C=O) groups excluding carboxylic acids is 1. The van der Waals surface area contributed by atoms with Crippen LogP contribution in [0.15, 0.2) is 36.5 Å². The number of fused-ring (bicyclic) bond motifs is 2. The lowest BCUT2D eigenvalue weighted by molar-refractivity contribution is -0.124. The van der Waals surface area contributed by atoms with Crippen molar-refractivity contribution in [1.82, 2.24) is 4.98 Å². The summed E-state index contributed by atoms with van der Waals surface area (Å²) < 4.78 is 17.0. The minimum atomic E-state index is -0.114. The third kappa shape index (κ3) is 4.18. The van der Waals surface area contributed by atoms with Crippen LogP contribution in [0.4, 0.5) is 17.2 Å². The van der Waals surface area contributed by atoms with Crippen LogP contribution in [0.3, 0.4) is 0 Å². The van der Waals surface area contributed by atoms with E-state index in [1.54, 1.807) is 13.3 Å². The first kappa shape index (κ1) is 20.4. The molecule has 2 aromatic rings. The van der Waals surface area contributed by atoms with Gasteiger partial charge >= 0.3 is 0 Å². The van der Waals surface area contributed by atoms with Gasteiger partial charge in [-0.2, -0.15) is 0 Å². The zero-order chi connectivity index (χ0) is 21.2. The maximum atomic E-state index is 13.7. The van der Waals surface area contributed by atoms with Gasteiger partial charge in [0.15, 0.2) is 0 Å².